The average molecular weight is 167 g/mol. The van der Waals surface area contributed by atoms with E-state index in [0.29, 0.717) is 6.54 Å². The van der Waals surface area contributed by atoms with Crippen LogP contribution in [0, 0.1) is 0 Å². The summed E-state index contributed by atoms with van der Waals surface area (Å²) in [6.07, 6.45) is 0. The monoisotopic (exact) mass is 167 g/mol. The molecule has 0 aliphatic heterocycles. The van der Waals surface area contributed by atoms with E-state index in [2.05, 4.69) is 5.32 Å². The van der Waals surface area contributed by atoms with Gasteiger partial charge in [-0.25, -0.2) is 0 Å². The first-order chi connectivity index (χ1) is 5.74. The van der Waals surface area contributed by atoms with E-state index in [1.807, 2.05) is 6.92 Å². The van der Waals surface area contributed by atoms with Crippen LogP contribution >= 0.6 is 0 Å². The zero-order valence-electron chi connectivity index (χ0n) is 7.04. The van der Waals surface area contributed by atoms with Crippen molar-refractivity contribution in [3.63, 3.8) is 0 Å². The number of nitrogens with one attached hydrogen (secondary N) is 1. The van der Waals surface area contributed by atoms with E-state index in [4.69, 9.17) is 5.11 Å². The Bertz CT molecular complexity index is 261. The smallest absolute Gasteiger partial charge is 0.120 e. The van der Waals surface area contributed by atoms with Gasteiger partial charge in [-0.1, -0.05) is 6.92 Å². The van der Waals surface area contributed by atoms with Crippen LogP contribution in [0.2, 0.25) is 0 Å². The Kier molecular flexibility index (Phi) is 2.94. The molecule has 1 aromatic rings. The predicted octanol–water partition coefficient (Wildman–Crippen LogP) is 1.21. The van der Waals surface area contributed by atoms with E-state index < -0.39 is 0 Å². The third kappa shape index (κ3) is 2.13. The standard InChI is InChI=1S/C9H13NO2/c1-2-10-6-7-5-8(11)3-4-9(7)12/h3-5,10-12H,2,6H2,1H3. The lowest BCUT2D eigenvalue weighted by molar-refractivity contribution is 0.451. The van der Waals surface area contributed by atoms with Crippen LogP contribution in [0.15, 0.2) is 18.2 Å². The zero-order chi connectivity index (χ0) is 8.97. The van der Waals surface area contributed by atoms with Crippen molar-refractivity contribution >= 4 is 0 Å². The highest BCUT2D eigenvalue weighted by Crippen LogP contribution is 2.21. The lowest BCUT2D eigenvalue weighted by atomic mass is 10.2. The summed E-state index contributed by atoms with van der Waals surface area (Å²) >= 11 is 0. The van der Waals surface area contributed by atoms with E-state index >= 15 is 0 Å². The van der Waals surface area contributed by atoms with Gasteiger partial charge in [0.1, 0.15) is 11.5 Å². The van der Waals surface area contributed by atoms with Gasteiger partial charge in [-0.15, -0.1) is 0 Å². The Morgan fingerprint density at radius 3 is 2.75 bits per heavy atom. The number of hydrogen-bond donors (Lipinski definition) is 3. The van der Waals surface area contributed by atoms with Crippen LogP contribution in [0.3, 0.4) is 0 Å². The molecule has 0 aliphatic rings. The van der Waals surface area contributed by atoms with Gasteiger partial charge in [0, 0.05) is 12.1 Å². The number of benzene rings is 1. The molecule has 0 saturated carbocycles. The van der Waals surface area contributed by atoms with Gasteiger partial charge in [0.2, 0.25) is 0 Å². The second-order valence-corrected chi connectivity index (χ2v) is 2.59. The molecular formula is C9H13NO2. The second kappa shape index (κ2) is 3.97. The predicted molar refractivity (Wildman–Crippen MR) is 47.2 cm³/mol. The molecule has 0 spiro atoms. The highest BCUT2D eigenvalue weighted by atomic mass is 16.3. The first-order valence-electron chi connectivity index (χ1n) is 3.95. The highest BCUT2D eigenvalue weighted by Gasteiger charge is 2.00. The van der Waals surface area contributed by atoms with Crippen LogP contribution in [0.4, 0.5) is 0 Å². The van der Waals surface area contributed by atoms with Gasteiger partial charge in [-0.05, 0) is 24.7 Å². The average Bonchev–Trinajstić information content (AvgIpc) is 2.07. The molecule has 0 heterocycles. The third-order valence-electron chi connectivity index (χ3n) is 1.63. The normalized spacial score (nSPS) is 10.1. The molecule has 0 unspecified atom stereocenters. The zero-order valence-corrected chi connectivity index (χ0v) is 7.04. The summed E-state index contributed by atoms with van der Waals surface area (Å²) in [5.41, 5.74) is 0.719. The lowest BCUT2D eigenvalue weighted by Crippen LogP contribution is -2.11. The van der Waals surface area contributed by atoms with Crippen molar-refractivity contribution in [1.29, 1.82) is 0 Å². The van der Waals surface area contributed by atoms with Crippen LogP contribution in [-0.2, 0) is 6.54 Å². The second-order valence-electron chi connectivity index (χ2n) is 2.59. The minimum absolute atomic E-state index is 0.181. The molecule has 0 radical (unpaired) electrons. The van der Waals surface area contributed by atoms with Crippen molar-refractivity contribution in [2.75, 3.05) is 6.54 Å². The van der Waals surface area contributed by atoms with E-state index in [1.165, 1.54) is 12.1 Å². The van der Waals surface area contributed by atoms with Gasteiger partial charge in [-0.2, -0.15) is 0 Å². The van der Waals surface area contributed by atoms with Crippen LogP contribution in [0.25, 0.3) is 0 Å². The van der Waals surface area contributed by atoms with Gasteiger partial charge in [0.05, 0.1) is 0 Å². The molecule has 12 heavy (non-hydrogen) atoms. The molecule has 66 valence electrons. The first kappa shape index (κ1) is 8.87. The number of hydrogen-bond acceptors (Lipinski definition) is 3. The maximum atomic E-state index is 9.31. The van der Waals surface area contributed by atoms with Gasteiger partial charge in [0.25, 0.3) is 0 Å². The minimum atomic E-state index is 0.181. The van der Waals surface area contributed by atoms with Crippen molar-refractivity contribution in [1.82, 2.24) is 5.32 Å². The molecule has 3 nitrogen and oxygen atoms in total. The molecule has 0 atom stereocenters. The molecule has 1 aromatic carbocycles. The molecule has 0 bridgehead atoms. The molecule has 0 saturated heterocycles. The van der Waals surface area contributed by atoms with Gasteiger partial charge >= 0.3 is 0 Å². The van der Waals surface area contributed by atoms with E-state index in [1.54, 1.807) is 6.07 Å². The van der Waals surface area contributed by atoms with Crippen molar-refractivity contribution in [3.05, 3.63) is 23.8 Å². The Morgan fingerprint density at radius 1 is 1.33 bits per heavy atom. The van der Waals surface area contributed by atoms with Crippen molar-refractivity contribution in [2.24, 2.45) is 0 Å². The maximum Gasteiger partial charge on any atom is 0.120 e. The quantitative estimate of drug-likeness (QED) is 0.593. The molecule has 0 amide bonds. The van der Waals surface area contributed by atoms with E-state index in [-0.39, 0.29) is 11.5 Å². The van der Waals surface area contributed by atoms with Crippen molar-refractivity contribution < 1.29 is 10.2 Å². The minimum Gasteiger partial charge on any atom is -0.508 e. The highest BCUT2D eigenvalue weighted by molar-refractivity contribution is 5.38. The summed E-state index contributed by atoms with van der Waals surface area (Å²) in [4.78, 5) is 0. The third-order valence-corrected chi connectivity index (χ3v) is 1.63. The van der Waals surface area contributed by atoms with E-state index in [0.717, 1.165) is 12.1 Å². The fourth-order valence-corrected chi connectivity index (χ4v) is 0.973. The summed E-state index contributed by atoms with van der Waals surface area (Å²) in [5.74, 6) is 0.398. The number of aromatic hydroxyl groups is 2. The molecule has 3 N–H and O–H groups in total. The number of phenolic OH excluding ortho intramolecular Hbond substituents is 2. The summed E-state index contributed by atoms with van der Waals surface area (Å²) < 4.78 is 0. The lowest BCUT2D eigenvalue weighted by Gasteiger charge is -2.04. The van der Waals surface area contributed by atoms with E-state index in [9.17, 15) is 5.11 Å². The fraction of sp³-hybridized carbons (Fsp3) is 0.333. The molecule has 0 fully saturated rings. The van der Waals surface area contributed by atoms with Gasteiger partial charge < -0.3 is 15.5 Å². The Labute approximate surface area is 71.7 Å². The molecular weight excluding hydrogens is 154 g/mol. The topological polar surface area (TPSA) is 52.5 Å². The summed E-state index contributed by atoms with van der Waals surface area (Å²) in [7, 11) is 0. The Morgan fingerprint density at radius 2 is 2.08 bits per heavy atom. The fourth-order valence-electron chi connectivity index (χ4n) is 0.973. The summed E-state index contributed by atoms with van der Waals surface area (Å²) in [6, 6.07) is 4.50. The Hall–Kier alpha value is -1.22. The van der Waals surface area contributed by atoms with Crippen molar-refractivity contribution in [3.8, 4) is 11.5 Å². The van der Waals surface area contributed by atoms with Gasteiger partial charge in [-0.3, -0.25) is 0 Å². The van der Waals surface area contributed by atoms with Crippen molar-refractivity contribution in [2.45, 2.75) is 13.5 Å². The summed E-state index contributed by atoms with van der Waals surface area (Å²) in [5, 5.41) is 21.5. The number of rotatable bonds is 3. The Balaban J connectivity index is 2.75. The number of phenols is 2. The van der Waals surface area contributed by atoms with Crippen LogP contribution in [-0.4, -0.2) is 16.8 Å². The van der Waals surface area contributed by atoms with Gasteiger partial charge in [0.15, 0.2) is 0 Å². The molecule has 3 heteroatoms. The maximum absolute atomic E-state index is 9.31. The summed E-state index contributed by atoms with van der Waals surface area (Å²) in [6.45, 7) is 3.41. The SMILES string of the molecule is CCNCc1cc(O)ccc1O. The molecule has 1 rings (SSSR count). The molecule has 0 aromatic heterocycles. The van der Waals surface area contributed by atoms with Crippen LogP contribution in [0.5, 0.6) is 11.5 Å². The molecule has 0 aliphatic carbocycles. The van der Waals surface area contributed by atoms with Crippen LogP contribution < -0.4 is 5.32 Å². The largest absolute Gasteiger partial charge is 0.508 e. The first-order valence-corrected chi connectivity index (χ1v) is 3.95. The van der Waals surface area contributed by atoms with Crippen LogP contribution in [0.1, 0.15) is 12.5 Å².